The van der Waals surface area contributed by atoms with Gasteiger partial charge in [0, 0.05) is 47.6 Å². The summed E-state index contributed by atoms with van der Waals surface area (Å²) in [6.45, 7) is 2.56. The van der Waals surface area contributed by atoms with E-state index >= 15 is 0 Å². The highest BCUT2D eigenvalue weighted by molar-refractivity contribution is 5.95. The molecule has 0 saturated carbocycles. The molecule has 1 saturated heterocycles. The lowest BCUT2D eigenvalue weighted by Gasteiger charge is -2.31. The van der Waals surface area contributed by atoms with E-state index in [1.807, 2.05) is 6.92 Å². The molecule has 0 radical (unpaired) electrons. The fraction of sp³-hybridized carbons (Fsp3) is 0.308. The number of hydrogen-bond acceptors (Lipinski definition) is 4. The molecule has 1 aliphatic heterocycles. The first-order chi connectivity index (χ1) is 17.1. The summed E-state index contributed by atoms with van der Waals surface area (Å²) in [5.41, 5.74) is 1.02. The molecule has 188 valence electrons. The average molecular weight is 499 g/mol. The van der Waals surface area contributed by atoms with Gasteiger partial charge in [0.15, 0.2) is 0 Å². The predicted octanol–water partition coefficient (Wildman–Crippen LogP) is 4.51. The van der Waals surface area contributed by atoms with Gasteiger partial charge in [-0.3, -0.25) is 14.4 Å². The van der Waals surface area contributed by atoms with Crippen LogP contribution in [0.1, 0.15) is 41.4 Å². The highest BCUT2D eigenvalue weighted by Crippen LogP contribution is 2.29. The van der Waals surface area contributed by atoms with Crippen LogP contribution in [0.3, 0.4) is 0 Å². The minimum Gasteiger partial charge on any atom is -0.339 e. The van der Waals surface area contributed by atoms with Crippen molar-refractivity contribution >= 4 is 17.5 Å². The number of piperidine rings is 1. The monoisotopic (exact) mass is 498 g/mol. The fourth-order valence-electron chi connectivity index (χ4n) is 4.14. The van der Waals surface area contributed by atoms with Crippen LogP contribution in [-0.2, 0) is 17.4 Å². The number of rotatable bonds is 5. The van der Waals surface area contributed by atoms with Gasteiger partial charge < -0.3 is 15.2 Å². The van der Waals surface area contributed by atoms with Crippen molar-refractivity contribution in [3.8, 4) is 11.4 Å². The lowest BCUT2D eigenvalue weighted by atomic mass is 9.95. The van der Waals surface area contributed by atoms with Gasteiger partial charge in [0.05, 0.1) is 5.56 Å². The number of hydrogen-bond donors (Lipinski definition) is 2. The number of carbonyl (C=O) groups is 2. The summed E-state index contributed by atoms with van der Waals surface area (Å²) in [6, 6.07) is 12.6. The van der Waals surface area contributed by atoms with Gasteiger partial charge in [0.25, 0.3) is 11.5 Å². The van der Waals surface area contributed by atoms with E-state index < -0.39 is 11.7 Å². The van der Waals surface area contributed by atoms with E-state index in [4.69, 9.17) is 0 Å². The van der Waals surface area contributed by atoms with E-state index in [0.29, 0.717) is 55.1 Å². The van der Waals surface area contributed by atoms with Crippen LogP contribution in [0.4, 0.5) is 18.9 Å². The summed E-state index contributed by atoms with van der Waals surface area (Å²) in [5.74, 6) is -0.430. The van der Waals surface area contributed by atoms with Crippen molar-refractivity contribution in [3.63, 3.8) is 0 Å². The molecule has 0 aliphatic carbocycles. The molecule has 0 atom stereocenters. The number of nitrogens with one attached hydrogen (secondary N) is 2. The van der Waals surface area contributed by atoms with E-state index in [-0.39, 0.29) is 28.9 Å². The van der Waals surface area contributed by atoms with Crippen LogP contribution in [0.2, 0.25) is 0 Å². The van der Waals surface area contributed by atoms with Crippen LogP contribution in [-0.4, -0.2) is 39.8 Å². The van der Waals surface area contributed by atoms with Gasteiger partial charge >= 0.3 is 6.18 Å². The first-order valence-electron chi connectivity index (χ1n) is 11.6. The van der Waals surface area contributed by atoms with E-state index in [1.54, 1.807) is 29.2 Å². The Labute approximate surface area is 205 Å². The molecule has 4 rings (SSSR count). The van der Waals surface area contributed by atoms with Gasteiger partial charge in [-0.15, -0.1) is 0 Å². The lowest BCUT2D eigenvalue weighted by Crippen LogP contribution is -2.41. The third-order valence-electron chi connectivity index (χ3n) is 6.17. The Hall–Kier alpha value is -3.95. The second-order valence-corrected chi connectivity index (χ2v) is 8.65. The van der Waals surface area contributed by atoms with Crippen LogP contribution < -0.4 is 10.9 Å². The second kappa shape index (κ2) is 10.3. The van der Waals surface area contributed by atoms with Crippen LogP contribution in [0.15, 0.2) is 59.4 Å². The number of nitrogens with zero attached hydrogens (tertiary/aromatic N) is 2. The summed E-state index contributed by atoms with van der Waals surface area (Å²) in [7, 11) is 0. The van der Waals surface area contributed by atoms with Gasteiger partial charge in [0.1, 0.15) is 5.82 Å². The van der Waals surface area contributed by atoms with E-state index in [9.17, 15) is 27.6 Å². The quantitative estimate of drug-likeness (QED) is 0.541. The molecule has 7 nitrogen and oxygen atoms in total. The zero-order chi connectivity index (χ0) is 25.9. The van der Waals surface area contributed by atoms with Crippen molar-refractivity contribution in [2.75, 3.05) is 18.4 Å². The summed E-state index contributed by atoms with van der Waals surface area (Å²) < 4.78 is 38.3. The third kappa shape index (κ3) is 5.81. The molecule has 2 amide bonds. The normalized spacial score (nSPS) is 14.5. The maximum absolute atomic E-state index is 12.9. The molecule has 0 bridgehead atoms. The number of aryl methyl sites for hydroxylation is 1. The van der Waals surface area contributed by atoms with Crippen LogP contribution in [0.5, 0.6) is 0 Å². The summed E-state index contributed by atoms with van der Waals surface area (Å²) >= 11 is 0. The van der Waals surface area contributed by atoms with Crippen LogP contribution in [0.25, 0.3) is 11.4 Å². The lowest BCUT2D eigenvalue weighted by molar-refractivity contribution is -0.137. The summed E-state index contributed by atoms with van der Waals surface area (Å²) in [6.07, 6.45) is -2.97. The minimum atomic E-state index is -4.46. The van der Waals surface area contributed by atoms with Crippen molar-refractivity contribution in [1.82, 2.24) is 14.9 Å². The Morgan fingerprint density at radius 2 is 1.78 bits per heavy atom. The van der Waals surface area contributed by atoms with Crippen LogP contribution >= 0.6 is 0 Å². The molecule has 2 N–H and O–H groups in total. The molecule has 2 aromatic carbocycles. The maximum Gasteiger partial charge on any atom is 0.416 e. The Balaban J connectivity index is 1.36. The molecule has 3 aromatic rings. The highest BCUT2D eigenvalue weighted by Gasteiger charge is 2.31. The number of likely N-dealkylation sites (tertiary alicyclic amines) is 1. The smallest absolute Gasteiger partial charge is 0.339 e. The molecular formula is C26H25F3N4O3. The Bertz CT molecular complexity index is 1310. The highest BCUT2D eigenvalue weighted by atomic mass is 19.4. The average Bonchev–Trinajstić information content (AvgIpc) is 2.87. The van der Waals surface area contributed by atoms with Crippen molar-refractivity contribution < 1.29 is 22.8 Å². The topological polar surface area (TPSA) is 95.2 Å². The Morgan fingerprint density at radius 1 is 1.08 bits per heavy atom. The van der Waals surface area contributed by atoms with Gasteiger partial charge in [-0.25, -0.2) is 4.98 Å². The number of carbonyl (C=O) groups excluding carboxylic acids is 2. The number of amides is 2. The zero-order valence-corrected chi connectivity index (χ0v) is 19.6. The molecule has 10 heteroatoms. The van der Waals surface area contributed by atoms with Crippen molar-refractivity contribution in [2.24, 2.45) is 5.92 Å². The molecule has 1 fully saturated rings. The second-order valence-electron chi connectivity index (χ2n) is 8.65. The standard InChI is InChI=1S/C26H25F3N4O3/c1-2-20-15-22(34)32-23(30-20)18-4-3-5-21(14-18)31-24(35)16-10-12-33(13-11-16)25(36)17-6-8-19(9-7-17)26(27,28)29/h3-9,14-16H,2,10-13H2,1H3,(H,31,35)(H,30,32,34). The Kier molecular flexibility index (Phi) is 7.23. The number of H-pyrrole nitrogens is 1. The maximum atomic E-state index is 12.9. The Morgan fingerprint density at radius 3 is 2.42 bits per heavy atom. The molecule has 1 aliphatic rings. The van der Waals surface area contributed by atoms with E-state index in [2.05, 4.69) is 15.3 Å². The zero-order valence-electron chi connectivity index (χ0n) is 19.6. The van der Waals surface area contributed by atoms with Crippen molar-refractivity contribution in [2.45, 2.75) is 32.4 Å². The number of aromatic amines is 1. The number of halogens is 3. The number of benzene rings is 2. The minimum absolute atomic E-state index is 0.182. The molecular weight excluding hydrogens is 473 g/mol. The third-order valence-corrected chi connectivity index (χ3v) is 6.17. The van der Waals surface area contributed by atoms with Gasteiger partial charge in [-0.05, 0) is 55.7 Å². The molecule has 1 aromatic heterocycles. The predicted molar refractivity (Wildman–Crippen MR) is 128 cm³/mol. The number of alkyl halides is 3. The molecule has 0 spiro atoms. The van der Waals surface area contributed by atoms with Crippen LogP contribution in [0, 0.1) is 5.92 Å². The fourth-order valence-corrected chi connectivity index (χ4v) is 4.14. The molecule has 2 heterocycles. The van der Waals surface area contributed by atoms with Gasteiger partial charge in [0.2, 0.25) is 5.91 Å². The molecule has 0 unspecified atom stereocenters. The first-order valence-corrected chi connectivity index (χ1v) is 11.6. The van der Waals surface area contributed by atoms with Crippen molar-refractivity contribution in [1.29, 1.82) is 0 Å². The summed E-state index contributed by atoms with van der Waals surface area (Å²) in [4.78, 5) is 46.1. The number of anilines is 1. The van der Waals surface area contributed by atoms with Gasteiger partial charge in [-0.2, -0.15) is 13.2 Å². The molecule has 36 heavy (non-hydrogen) atoms. The SMILES string of the molecule is CCc1cc(=O)[nH]c(-c2cccc(NC(=O)C3CCN(C(=O)c4ccc(C(F)(F)F)cc4)CC3)c2)n1. The number of aromatic nitrogens is 2. The van der Waals surface area contributed by atoms with E-state index in [1.165, 1.54) is 18.2 Å². The van der Waals surface area contributed by atoms with Crippen molar-refractivity contribution in [3.05, 3.63) is 81.8 Å². The van der Waals surface area contributed by atoms with Gasteiger partial charge in [-0.1, -0.05) is 19.1 Å². The van der Waals surface area contributed by atoms with E-state index in [0.717, 1.165) is 12.1 Å². The largest absolute Gasteiger partial charge is 0.416 e. The first kappa shape index (κ1) is 25.2. The summed E-state index contributed by atoms with van der Waals surface area (Å²) in [5, 5.41) is 2.89.